The molecular weight excluding hydrogens is 384 g/mol. The molecule has 7 nitrogen and oxygen atoms in total. The zero-order valence-corrected chi connectivity index (χ0v) is 18.6. The Morgan fingerprint density at radius 3 is 2.17 bits per heavy atom. The van der Waals surface area contributed by atoms with Gasteiger partial charge in [-0.25, -0.2) is 9.59 Å². The average molecular weight is 421 g/mol. The molecule has 2 aliphatic rings. The first-order valence-electron chi connectivity index (χ1n) is 10.8. The number of hydrogen-bond acceptors (Lipinski definition) is 7. The number of piperidine rings is 1. The predicted molar refractivity (Wildman–Crippen MR) is 116 cm³/mol. The lowest BCUT2D eigenvalue weighted by Crippen LogP contribution is -2.48. The topological polar surface area (TPSA) is 88.1 Å². The molecule has 1 aromatic carbocycles. The maximum atomic E-state index is 11.3. The molecule has 0 spiro atoms. The van der Waals surface area contributed by atoms with Gasteiger partial charge in [0.05, 0.1) is 25.3 Å². The van der Waals surface area contributed by atoms with Gasteiger partial charge in [0.25, 0.3) is 0 Å². The summed E-state index contributed by atoms with van der Waals surface area (Å²) in [5.41, 5.74) is 0.0338. The highest BCUT2D eigenvalue weighted by atomic mass is 16.5. The van der Waals surface area contributed by atoms with Crippen molar-refractivity contribution in [2.45, 2.75) is 58.0 Å². The van der Waals surface area contributed by atoms with E-state index in [4.69, 9.17) is 0 Å². The molecule has 1 aliphatic heterocycles. The van der Waals surface area contributed by atoms with Crippen LogP contribution in [0.4, 0.5) is 0 Å². The predicted octanol–water partition coefficient (Wildman–Crippen LogP) is 3.21. The number of rotatable bonds is 6. The van der Waals surface area contributed by atoms with Crippen LogP contribution in [0, 0.1) is 5.92 Å². The number of aromatic hydroxyl groups is 1. The summed E-state index contributed by atoms with van der Waals surface area (Å²) >= 11 is 0. The molecule has 0 bridgehead atoms. The maximum absolute atomic E-state index is 11.3. The van der Waals surface area contributed by atoms with Crippen LogP contribution in [0.15, 0.2) is 18.2 Å². The molecule has 1 saturated heterocycles. The summed E-state index contributed by atoms with van der Waals surface area (Å²) in [6, 6.07) is 5.40. The lowest BCUT2D eigenvalue weighted by molar-refractivity contribution is 0.0555. The number of carbonyl (C=O) groups is 2. The minimum atomic E-state index is -0.702. The number of hydrogen-bond donors (Lipinski definition) is 2. The van der Waals surface area contributed by atoms with E-state index >= 15 is 0 Å². The zero-order chi connectivity index (χ0) is 22.1. The molecule has 1 saturated carbocycles. The highest BCUT2D eigenvalue weighted by Gasteiger charge is 2.29. The molecular formula is C23H36N2O5. The number of carbonyl (C=O) groups excluding carboxylic acids is 2. The van der Waals surface area contributed by atoms with Gasteiger partial charge in [0, 0.05) is 18.6 Å². The number of benzene rings is 1. The molecule has 0 atom stereocenters. The Kier molecular flexibility index (Phi) is 9.59. The number of ether oxygens (including phenoxy) is 2. The third kappa shape index (κ3) is 6.71. The van der Waals surface area contributed by atoms with Crippen molar-refractivity contribution in [1.29, 1.82) is 0 Å². The first-order chi connectivity index (χ1) is 14.4. The van der Waals surface area contributed by atoms with Crippen molar-refractivity contribution >= 4 is 11.9 Å². The molecule has 0 aromatic heterocycles. The fraction of sp³-hybridized carbons (Fsp3) is 0.652. The van der Waals surface area contributed by atoms with Crippen molar-refractivity contribution < 1.29 is 24.2 Å². The number of methoxy groups -OCH3 is 2. The number of esters is 2. The van der Waals surface area contributed by atoms with Crippen LogP contribution in [-0.2, 0) is 9.47 Å². The lowest BCUT2D eigenvalue weighted by atomic mass is 9.88. The molecule has 1 aliphatic carbocycles. The van der Waals surface area contributed by atoms with E-state index in [1.54, 1.807) is 0 Å². The molecule has 0 radical (unpaired) electrons. The maximum Gasteiger partial charge on any atom is 0.338 e. The largest absolute Gasteiger partial charge is 0.508 e. The molecule has 168 valence electrons. The van der Waals surface area contributed by atoms with Crippen molar-refractivity contribution in [2.24, 2.45) is 5.92 Å². The minimum Gasteiger partial charge on any atom is -0.508 e. The van der Waals surface area contributed by atoms with E-state index in [0.717, 1.165) is 24.1 Å². The van der Waals surface area contributed by atoms with E-state index in [1.807, 2.05) is 0 Å². The van der Waals surface area contributed by atoms with Crippen LogP contribution >= 0.6 is 0 Å². The number of phenols is 1. The zero-order valence-electron chi connectivity index (χ0n) is 18.6. The average Bonchev–Trinajstić information content (AvgIpc) is 2.72. The summed E-state index contributed by atoms with van der Waals surface area (Å²) in [5, 5.41) is 12.6. The first-order valence-corrected chi connectivity index (χ1v) is 10.8. The van der Waals surface area contributed by atoms with Crippen LogP contribution in [0.2, 0.25) is 0 Å². The van der Waals surface area contributed by atoms with Crippen LogP contribution in [0.1, 0.15) is 66.7 Å². The second-order valence-corrected chi connectivity index (χ2v) is 8.28. The van der Waals surface area contributed by atoms with Crippen molar-refractivity contribution in [1.82, 2.24) is 10.2 Å². The summed E-state index contributed by atoms with van der Waals surface area (Å²) in [4.78, 5) is 25.3. The van der Waals surface area contributed by atoms with Gasteiger partial charge in [-0.3, -0.25) is 4.90 Å². The van der Waals surface area contributed by atoms with Gasteiger partial charge in [0.1, 0.15) is 5.75 Å². The normalized spacial score (nSPS) is 17.1. The van der Waals surface area contributed by atoms with Gasteiger partial charge in [-0.2, -0.15) is 0 Å². The lowest BCUT2D eigenvalue weighted by Gasteiger charge is -2.42. The van der Waals surface area contributed by atoms with Crippen LogP contribution < -0.4 is 5.32 Å². The van der Waals surface area contributed by atoms with Crippen molar-refractivity contribution in [3.05, 3.63) is 29.3 Å². The smallest absolute Gasteiger partial charge is 0.338 e. The van der Waals surface area contributed by atoms with Crippen molar-refractivity contribution in [3.63, 3.8) is 0 Å². The van der Waals surface area contributed by atoms with E-state index in [1.165, 1.54) is 78.1 Å². The summed E-state index contributed by atoms with van der Waals surface area (Å²) in [6.45, 7) is 8.55. The van der Waals surface area contributed by atoms with Gasteiger partial charge >= 0.3 is 11.9 Å². The third-order valence-electron chi connectivity index (χ3n) is 5.95. The molecule has 7 heteroatoms. The van der Waals surface area contributed by atoms with Gasteiger partial charge in [0.15, 0.2) is 0 Å². The Hall–Kier alpha value is -2.12. The Balaban J connectivity index is 0.000000214. The Bertz CT molecular complexity index is 697. The Morgan fingerprint density at radius 1 is 1.07 bits per heavy atom. The highest BCUT2D eigenvalue weighted by Crippen LogP contribution is 2.28. The summed E-state index contributed by atoms with van der Waals surface area (Å²) < 4.78 is 8.95. The molecule has 30 heavy (non-hydrogen) atoms. The number of nitrogens with zero attached hydrogens (tertiary/aromatic N) is 1. The molecule has 2 fully saturated rings. The fourth-order valence-electron chi connectivity index (χ4n) is 3.96. The van der Waals surface area contributed by atoms with E-state index in [9.17, 15) is 14.7 Å². The van der Waals surface area contributed by atoms with Gasteiger partial charge in [-0.1, -0.05) is 6.42 Å². The first kappa shape index (κ1) is 24.2. The van der Waals surface area contributed by atoms with Crippen LogP contribution in [0.5, 0.6) is 5.75 Å². The van der Waals surface area contributed by atoms with Crippen LogP contribution in [0.25, 0.3) is 0 Å². The summed E-state index contributed by atoms with van der Waals surface area (Å²) in [5.74, 6) is -0.529. The van der Waals surface area contributed by atoms with E-state index in [2.05, 4.69) is 33.5 Å². The van der Waals surface area contributed by atoms with E-state index in [0.29, 0.717) is 0 Å². The molecule has 1 aromatic rings. The molecule has 3 rings (SSSR count). The molecule has 1 heterocycles. The quantitative estimate of drug-likeness (QED) is 0.683. The third-order valence-corrected chi connectivity index (χ3v) is 5.95. The second-order valence-electron chi connectivity index (χ2n) is 8.28. The van der Waals surface area contributed by atoms with E-state index < -0.39 is 11.9 Å². The van der Waals surface area contributed by atoms with Crippen LogP contribution in [-0.4, -0.2) is 67.9 Å². The number of nitrogens with one attached hydrogen (secondary N) is 1. The standard InChI is InChI=1S/C13H26N2.C10H10O5/c1-11(2)15(13-4-3-5-13)10-12-6-8-14-9-7-12;1-14-9(12)7-4-3-6(11)5-8(7)10(13)15-2/h11-14H,3-10H2,1-2H3;3-5,11H,1-2H3. The van der Waals surface area contributed by atoms with E-state index in [-0.39, 0.29) is 16.9 Å². The monoisotopic (exact) mass is 420 g/mol. The molecule has 2 N–H and O–H groups in total. The second kappa shape index (κ2) is 11.9. The van der Waals surface area contributed by atoms with Crippen molar-refractivity contribution in [2.75, 3.05) is 33.9 Å². The fourth-order valence-corrected chi connectivity index (χ4v) is 3.96. The minimum absolute atomic E-state index is 0.0237. The van der Waals surface area contributed by atoms with Crippen LogP contribution in [0.3, 0.4) is 0 Å². The SMILES string of the molecule is CC(C)N(CC1CCNCC1)C1CCC1.COC(=O)c1ccc(O)cc1C(=O)OC. The van der Waals surface area contributed by atoms with Gasteiger partial charge in [-0.05, 0) is 76.7 Å². The highest BCUT2D eigenvalue weighted by molar-refractivity contribution is 6.03. The van der Waals surface area contributed by atoms with Gasteiger partial charge < -0.3 is 19.9 Å². The molecule has 0 unspecified atom stereocenters. The summed E-state index contributed by atoms with van der Waals surface area (Å²) in [6.07, 6.45) is 7.12. The van der Waals surface area contributed by atoms with Gasteiger partial charge in [0.2, 0.25) is 0 Å². The number of phenolic OH excluding ortho intramolecular Hbond substituents is 1. The Labute approximate surface area is 179 Å². The summed E-state index contributed by atoms with van der Waals surface area (Å²) in [7, 11) is 2.39. The van der Waals surface area contributed by atoms with Crippen molar-refractivity contribution in [3.8, 4) is 5.75 Å². The molecule has 0 amide bonds. The van der Waals surface area contributed by atoms with Gasteiger partial charge in [-0.15, -0.1) is 0 Å². The Morgan fingerprint density at radius 2 is 1.67 bits per heavy atom.